The number of rotatable bonds is 15. The summed E-state index contributed by atoms with van der Waals surface area (Å²) in [4.78, 5) is 21.9. The molecule has 0 aliphatic rings. The first-order chi connectivity index (χ1) is 12.8. The highest BCUT2D eigenvalue weighted by atomic mass is 16.5. The molecule has 0 fully saturated rings. The second-order valence-corrected chi connectivity index (χ2v) is 6.26. The summed E-state index contributed by atoms with van der Waals surface area (Å²) in [6.45, 7) is 10.9. The van der Waals surface area contributed by atoms with E-state index in [1.54, 1.807) is 6.08 Å². The molecule has 0 saturated heterocycles. The third-order valence-corrected chi connectivity index (χ3v) is 4.39. The fourth-order valence-electron chi connectivity index (χ4n) is 2.38. The third kappa shape index (κ3) is 11.2. The lowest BCUT2D eigenvalue weighted by Gasteiger charge is -2.31. The molecule has 0 aliphatic heterocycles. The first-order valence-electron chi connectivity index (χ1n) is 9.04. The number of carbonyl (C=O) groups excluding carboxylic acids is 2. The van der Waals surface area contributed by atoms with E-state index < -0.39 is 18.0 Å². The molecule has 7 nitrogen and oxygen atoms in total. The van der Waals surface area contributed by atoms with Crippen molar-refractivity contribution in [1.82, 2.24) is 0 Å². The number of hydrogen-bond acceptors (Lipinski definition) is 7. The van der Waals surface area contributed by atoms with Crippen LogP contribution in [-0.4, -0.2) is 54.7 Å². The zero-order valence-electron chi connectivity index (χ0n) is 16.3. The van der Waals surface area contributed by atoms with Gasteiger partial charge in [-0.3, -0.25) is 0 Å². The Bertz CT molecular complexity index is 506. The van der Waals surface area contributed by atoms with E-state index in [4.69, 9.17) is 14.2 Å². The van der Waals surface area contributed by atoms with Crippen molar-refractivity contribution < 1.29 is 34.0 Å². The molecular formula is C20H32O7. The minimum Gasteiger partial charge on any atom is -0.509 e. The maximum absolute atomic E-state index is 11.0. The Balaban J connectivity index is 4.37. The van der Waals surface area contributed by atoms with Gasteiger partial charge in [0.25, 0.3) is 0 Å². The molecule has 0 radical (unpaired) electrons. The van der Waals surface area contributed by atoms with Gasteiger partial charge in [0, 0.05) is 12.2 Å². The van der Waals surface area contributed by atoms with Crippen LogP contribution in [-0.2, 0) is 23.8 Å². The van der Waals surface area contributed by atoms with Crippen molar-refractivity contribution in [2.75, 3.05) is 26.4 Å². The number of hydrogen-bond donors (Lipinski definition) is 2. The summed E-state index contributed by atoms with van der Waals surface area (Å²) in [5.41, 5.74) is -0.105. The summed E-state index contributed by atoms with van der Waals surface area (Å²) in [6, 6.07) is 0. The van der Waals surface area contributed by atoms with E-state index in [1.165, 1.54) is 0 Å². The molecule has 0 aliphatic carbocycles. The molecule has 0 amide bonds. The molecule has 2 N–H and O–H groups in total. The standard InChI is InChI=1S/C20H32O7/c1-5-18(23)26-13-16(21)10-9-11-20(7-3,8-4)15-25-12-17(22)14-27-19(24)6-2/h5-6,10,17,21-22H,1-2,7-9,11-15H2,3-4H3/b16-10+. The second-order valence-electron chi connectivity index (χ2n) is 6.26. The number of esters is 2. The van der Waals surface area contributed by atoms with Gasteiger partial charge in [0.1, 0.15) is 25.1 Å². The number of aliphatic hydroxyl groups is 2. The van der Waals surface area contributed by atoms with Crippen molar-refractivity contribution in [2.45, 2.75) is 45.6 Å². The van der Waals surface area contributed by atoms with E-state index in [-0.39, 0.29) is 31.0 Å². The molecule has 27 heavy (non-hydrogen) atoms. The Hall–Kier alpha value is -2.12. The minimum absolute atomic E-state index is 0.00770. The molecule has 0 saturated carbocycles. The summed E-state index contributed by atoms with van der Waals surface area (Å²) in [5.74, 6) is -1.18. The molecule has 1 unspecified atom stereocenters. The number of ether oxygens (including phenoxy) is 3. The van der Waals surface area contributed by atoms with Crippen molar-refractivity contribution in [3.05, 3.63) is 37.1 Å². The lowest BCUT2D eigenvalue weighted by molar-refractivity contribution is -0.142. The van der Waals surface area contributed by atoms with E-state index in [9.17, 15) is 19.8 Å². The van der Waals surface area contributed by atoms with Gasteiger partial charge in [-0.05, 0) is 37.2 Å². The van der Waals surface area contributed by atoms with E-state index in [1.807, 2.05) is 0 Å². The predicted octanol–water partition coefficient (Wildman–Crippen LogP) is 2.85. The van der Waals surface area contributed by atoms with E-state index >= 15 is 0 Å². The highest BCUT2D eigenvalue weighted by Crippen LogP contribution is 2.32. The Labute approximate surface area is 161 Å². The van der Waals surface area contributed by atoms with Crippen molar-refractivity contribution in [3.8, 4) is 0 Å². The molecule has 0 spiro atoms. The zero-order chi connectivity index (χ0) is 20.7. The zero-order valence-corrected chi connectivity index (χ0v) is 16.3. The first-order valence-corrected chi connectivity index (χ1v) is 9.04. The predicted molar refractivity (Wildman–Crippen MR) is 102 cm³/mol. The van der Waals surface area contributed by atoms with Gasteiger partial charge >= 0.3 is 11.9 Å². The maximum atomic E-state index is 11.0. The van der Waals surface area contributed by atoms with Crippen LogP contribution in [0.15, 0.2) is 37.1 Å². The van der Waals surface area contributed by atoms with Crippen LogP contribution in [0, 0.1) is 5.41 Å². The van der Waals surface area contributed by atoms with E-state index in [0.717, 1.165) is 31.4 Å². The molecule has 7 heteroatoms. The molecule has 0 bridgehead atoms. The van der Waals surface area contributed by atoms with Gasteiger partial charge in [-0.2, -0.15) is 0 Å². The van der Waals surface area contributed by atoms with Crippen LogP contribution >= 0.6 is 0 Å². The van der Waals surface area contributed by atoms with Crippen LogP contribution in [0.4, 0.5) is 0 Å². The fourth-order valence-corrected chi connectivity index (χ4v) is 2.38. The lowest BCUT2D eigenvalue weighted by Crippen LogP contribution is -2.30. The average molecular weight is 384 g/mol. The monoisotopic (exact) mass is 384 g/mol. The molecule has 0 rings (SSSR count). The molecular weight excluding hydrogens is 352 g/mol. The maximum Gasteiger partial charge on any atom is 0.330 e. The van der Waals surface area contributed by atoms with Crippen LogP contribution < -0.4 is 0 Å². The highest BCUT2D eigenvalue weighted by molar-refractivity contribution is 5.81. The Morgan fingerprint density at radius 2 is 1.67 bits per heavy atom. The van der Waals surface area contributed by atoms with Gasteiger partial charge in [0.15, 0.2) is 0 Å². The van der Waals surface area contributed by atoms with Crippen LogP contribution in [0.1, 0.15) is 39.5 Å². The Morgan fingerprint density at radius 1 is 1.07 bits per heavy atom. The molecule has 0 aromatic heterocycles. The van der Waals surface area contributed by atoms with Gasteiger partial charge in [0.05, 0.1) is 13.2 Å². The quantitative estimate of drug-likeness (QED) is 0.254. The van der Waals surface area contributed by atoms with Crippen LogP contribution in [0.3, 0.4) is 0 Å². The molecule has 154 valence electrons. The highest BCUT2D eigenvalue weighted by Gasteiger charge is 2.26. The Kier molecular flexibility index (Phi) is 12.9. The SMILES string of the molecule is C=CC(=O)OC/C(O)=C\CCC(CC)(CC)COCC(O)COC(=O)C=C. The summed E-state index contributed by atoms with van der Waals surface area (Å²) >= 11 is 0. The van der Waals surface area contributed by atoms with Crippen molar-refractivity contribution in [1.29, 1.82) is 0 Å². The van der Waals surface area contributed by atoms with E-state index in [0.29, 0.717) is 13.0 Å². The van der Waals surface area contributed by atoms with Gasteiger partial charge in [0.2, 0.25) is 0 Å². The van der Waals surface area contributed by atoms with Crippen molar-refractivity contribution in [3.63, 3.8) is 0 Å². The van der Waals surface area contributed by atoms with Gasteiger partial charge in [-0.15, -0.1) is 0 Å². The Morgan fingerprint density at radius 3 is 2.22 bits per heavy atom. The van der Waals surface area contributed by atoms with Crippen molar-refractivity contribution in [2.24, 2.45) is 5.41 Å². The molecule has 0 heterocycles. The minimum atomic E-state index is -0.899. The topological polar surface area (TPSA) is 102 Å². The largest absolute Gasteiger partial charge is 0.509 e. The van der Waals surface area contributed by atoms with Crippen molar-refractivity contribution >= 4 is 11.9 Å². The van der Waals surface area contributed by atoms with Crippen LogP contribution in [0.5, 0.6) is 0 Å². The van der Waals surface area contributed by atoms with Gasteiger partial charge in [-0.25, -0.2) is 9.59 Å². The number of aliphatic hydroxyl groups excluding tert-OH is 2. The van der Waals surface area contributed by atoms with Crippen LogP contribution in [0.25, 0.3) is 0 Å². The summed E-state index contributed by atoms with van der Waals surface area (Å²) in [5, 5.41) is 19.5. The molecule has 0 aromatic carbocycles. The van der Waals surface area contributed by atoms with Crippen LogP contribution in [0.2, 0.25) is 0 Å². The summed E-state index contributed by atoms with van der Waals surface area (Å²) < 4.78 is 15.1. The summed E-state index contributed by atoms with van der Waals surface area (Å²) in [6.07, 6.45) is 5.90. The number of allylic oxidation sites excluding steroid dienone is 1. The third-order valence-electron chi connectivity index (χ3n) is 4.39. The number of carbonyl (C=O) groups is 2. The molecule has 1 atom stereocenters. The first kappa shape index (κ1) is 24.9. The smallest absolute Gasteiger partial charge is 0.330 e. The summed E-state index contributed by atoms with van der Waals surface area (Å²) in [7, 11) is 0. The second kappa shape index (κ2) is 14.0. The molecule has 0 aromatic rings. The fraction of sp³-hybridized carbons (Fsp3) is 0.600. The lowest BCUT2D eigenvalue weighted by atomic mass is 9.79. The average Bonchev–Trinajstić information content (AvgIpc) is 2.68. The normalized spacial score (nSPS) is 12.9. The van der Waals surface area contributed by atoms with Gasteiger partial charge < -0.3 is 24.4 Å². The van der Waals surface area contributed by atoms with E-state index in [2.05, 4.69) is 27.0 Å². The van der Waals surface area contributed by atoms with Gasteiger partial charge in [-0.1, -0.05) is 27.0 Å².